The van der Waals surface area contributed by atoms with Gasteiger partial charge in [-0.1, -0.05) is 102 Å². The van der Waals surface area contributed by atoms with Gasteiger partial charge < -0.3 is 51.9 Å². The number of carbonyl (C=O) groups is 8. The maximum atomic E-state index is 14.2. The molecule has 5 rings (SSSR count). The van der Waals surface area contributed by atoms with Gasteiger partial charge in [-0.2, -0.15) is 0 Å². The summed E-state index contributed by atoms with van der Waals surface area (Å²) in [5, 5.41) is 14.2. The smallest absolute Gasteiger partial charge is 0.251 e. The van der Waals surface area contributed by atoms with E-state index in [1.165, 1.54) is 24.3 Å². The highest BCUT2D eigenvalue weighted by atomic mass is 16.2. The second-order valence-electron chi connectivity index (χ2n) is 22.2. The molecule has 2 heterocycles. The number of nitrogens with one attached hydrogen (secondary N) is 5. The van der Waals surface area contributed by atoms with Crippen molar-refractivity contribution in [2.24, 2.45) is 16.6 Å². The van der Waals surface area contributed by atoms with E-state index in [0.29, 0.717) is 51.9 Å². The van der Waals surface area contributed by atoms with Gasteiger partial charge in [0.05, 0.1) is 25.2 Å². The standard InChI is InChI=1S/C57H82N10O8/c1-38(58)50(70)62-48(56(3,4)5)54(74)66-30-16-22-44(66)36-64(32-28-40-18-12-10-13-19-40)46(68)34-60-52(72)42-24-26-43(27-25-42)53(73)61-35-47(69)65(33-29-41-20-14-11-15-21-41)37-45-23-17-31-67(45)55(75)49(57(6,7)8)63-51(71)39(2)59-9/h10-15,18-21,24-27,38-39,44-45,48-49,59H,16-17,22-23,28-37,58H2,1-9H3,(H,60,72)(H,61,73)(H,62,70)(H,63,71)/t38-,39-,44-,45-,48+,49+/m0/s1. The summed E-state index contributed by atoms with van der Waals surface area (Å²) in [6.07, 6.45) is 3.90. The Balaban J connectivity index is 1.21. The molecule has 0 unspecified atom stereocenters. The van der Waals surface area contributed by atoms with Crippen molar-refractivity contribution in [2.45, 2.75) is 130 Å². The first-order valence-corrected chi connectivity index (χ1v) is 26.4. The van der Waals surface area contributed by atoms with Gasteiger partial charge in [0.15, 0.2) is 0 Å². The van der Waals surface area contributed by atoms with E-state index in [1.807, 2.05) is 102 Å². The average molecular weight is 1040 g/mol. The number of hydrogen-bond donors (Lipinski definition) is 6. The molecule has 0 aliphatic carbocycles. The predicted octanol–water partition coefficient (Wildman–Crippen LogP) is 3.29. The zero-order valence-electron chi connectivity index (χ0n) is 45.6. The van der Waals surface area contributed by atoms with E-state index in [2.05, 4.69) is 26.6 Å². The molecule has 7 N–H and O–H groups in total. The zero-order valence-corrected chi connectivity index (χ0v) is 45.6. The molecule has 0 bridgehead atoms. The summed E-state index contributed by atoms with van der Waals surface area (Å²) in [6.45, 7) is 16.2. The van der Waals surface area contributed by atoms with Crippen molar-refractivity contribution in [3.63, 3.8) is 0 Å². The lowest BCUT2D eigenvalue weighted by molar-refractivity contribution is -0.142. The molecule has 3 aromatic carbocycles. The summed E-state index contributed by atoms with van der Waals surface area (Å²) in [7, 11) is 1.68. The number of likely N-dealkylation sites (tertiary alicyclic amines) is 2. The second kappa shape index (κ2) is 27.2. The molecule has 2 aliphatic heterocycles. The van der Waals surface area contributed by atoms with Crippen LogP contribution in [-0.2, 0) is 41.6 Å². The molecular formula is C57H82N10O8. The fourth-order valence-corrected chi connectivity index (χ4v) is 9.41. The summed E-state index contributed by atoms with van der Waals surface area (Å²) in [6, 6.07) is 21.9. The van der Waals surface area contributed by atoms with E-state index in [-0.39, 0.29) is 78.9 Å². The number of amides is 8. The van der Waals surface area contributed by atoms with Crippen LogP contribution in [0.25, 0.3) is 0 Å². The molecule has 6 atom stereocenters. The normalized spacial score (nSPS) is 17.3. The summed E-state index contributed by atoms with van der Waals surface area (Å²) < 4.78 is 0. The van der Waals surface area contributed by atoms with Gasteiger partial charge in [0.25, 0.3) is 11.8 Å². The fourth-order valence-electron chi connectivity index (χ4n) is 9.41. The van der Waals surface area contributed by atoms with Gasteiger partial charge in [0.2, 0.25) is 35.4 Å². The Morgan fingerprint density at radius 3 is 1.31 bits per heavy atom. The Morgan fingerprint density at radius 1 is 0.587 bits per heavy atom. The van der Waals surface area contributed by atoms with Crippen molar-refractivity contribution in [1.29, 1.82) is 0 Å². The second-order valence-corrected chi connectivity index (χ2v) is 22.2. The third kappa shape index (κ3) is 17.2. The Morgan fingerprint density at radius 2 is 0.960 bits per heavy atom. The summed E-state index contributed by atoms with van der Waals surface area (Å²) in [5.74, 6) is -2.85. The van der Waals surface area contributed by atoms with Crippen molar-refractivity contribution in [1.82, 2.24) is 46.2 Å². The lowest BCUT2D eigenvalue weighted by atomic mass is 9.85. The maximum absolute atomic E-state index is 14.2. The van der Waals surface area contributed by atoms with Gasteiger partial charge in [0, 0.05) is 62.5 Å². The molecule has 0 radical (unpaired) electrons. The van der Waals surface area contributed by atoms with Gasteiger partial charge in [-0.05, 0) is 106 Å². The number of nitrogens with zero attached hydrogens (tertiary/aromatic N) is 4. The van der Waals surface area contributed by atoms with E-state index in [4.69, 9.17) is 5.73 Å². The number of rotatable bonds is 23. The number of nitrogens with two attached hydrogens (primary N) is 1. The average Bonchev–Trinajstić information content (AvgIpc) is 4.07. The molecule has 0 saturated carbocycles. The summed E-state index contributed by atoms with van der Waals surface area (Å²) >= 11 is 0. The van der Waals surface area contributed by atoms with Crippen LogP contribution in [0.15, 0.2) is 84.9 Å². The zero-order chi connectivity index (χ0) is 55.0. The number of likely N-dealkylation sites (N-methyl/N-ethyl adjacent to an activating group) is 1. The lowest BCUT2D eigenvalue weighted by Crippen LogP contribution is -2.59. The molecule has 3 aromatic rings. The number of hydrogen-bond acceptors (Lipinski definition) is 10. The minimum absolute atomic E-state index is 0.201. The van der Waals surface area contributed by atoms with Crippen molar-refractivity contribution in [3.8, 4) is 0 Å². The topological polar surface area (TPSA) is 236 Å². The first kappa shape index (κ1) is 59.2. The van der Waals surface area contributed by atoms with Crippen LogP contribution in [0.3, 0.4) is 0 Å². The van der Waals surface area contributed by atoms with Crippen LogP contribution in [-0.4, -0.2) is 163 Å². The Hall–Kier alpha value is -6.66. The molecule has 408 valence electrons. The van der Waals surface area contributed by atoms with Crippen LogP contribution in [0.5, 0.6) is 0 Å². The van der Waals surface area contributed by atoms with Crippen LogP contribution in [0, 0.1) is 10.8 Å². The summed E-state index contributed by atoms with van der Waals surface area (Å²) in [4.78, 5) is 116. The molecule has 2 fully saturated rings. The van der Waals surface area contributed by atoms with Crippen molar-refractivity contribution >= 4 is 47.3 Å². The molecule has 2 saturated heterocycles. The number of carbonyl (C=O) groups excluding carboxylic acids is 8. The van der Waals surface area contributed by atoms with Gasteiger partial charge >= 0.3 is 0 Å². The first-order valence-electron chi connectivity index (χ1n) is 26.4. The highest BCUT2D eigenvalue weighted by Crippen LogP contribution is 2.28. The minimum atomic E-state index is -0.827. The molecule has 0 spiro atoms. The van der Waals surface area contributed by atoms with Gasteiger partial charge in [-0.15, -0.1) is 0 Å². The predicted molar refractivity (Wildman–Crippen MR) is 289 cm³/mol. The molecule has 18 nitrogen and oxygen atoms in total. The maximum Gasteiger partial charge on any atom is 0.251 e. The molecular weight excluding hydrogens is 953 g/mol. The Kier molecular flexibility index (Phi) is 21.5. The Bertz CT molecular complexity index is 2420. The molecule has 8 amide bonds. The minimum Gasteiger partial charge on any atom is -0.343 e. The van der Waals surface area contributed by atoms with Gasteiger partial charge in [-0.25, -0.2) is 0 Å². The third-order valence-electron chi connectivity index (χ3n) is 14.2. The lowest BCUT2D eigenvalue weighted by Gasteiger charge is -2.37. The Labute approximate surface area is 443 Å². The highest BCUT2D eigenvalue weighted by Gasteiger charge is 2.42. The van der Waals surface area contributed by atoms with Crippen LogP contribution in [0.1, 0.15) is 113 Å². The van der Waals surface area contributed by atoms with Crippen LogP contribution in [0.4, 0.5) is 0 Å². The van der Waals surface area contributed by atoms with Crippen LogP contribution >= 0.6 is 0 Å². The van der Waals surface area contributed by atoms with Crippen molar-refractivity contribution < 1.29 is 38.4 Å². The van der Waals surface area contributed by atoms with Gasteiger partial charge in [-0.3, -0.25) is 38.4 Å². The highest BCUT2D eigenvalue weighted by molar-refractivity contribution is 6.00. The third-order valence-corrected chi connectivity index (χ3v) is 14.2. The van der Waals surface area contributed by atoms with Gasteiger partial charge in [0.1, 0.15) is 12.1 Å². The van der Waals surface area contributed by atoms with E-state index >= 15 is 0 Å². The largest absolute Gasteiger partial charge is 0.343 e. The molecule has 75 heavy (non-hydrogen) atoms. The van der Waals surface area contributed by atoms with Crippen molar-refractivity contribution in [2.75, 3.05) is 59.4 Å². The SMILES string of the molecule is CN[C@@H](C)C(=O)N[C@H](C(=O)N1CCC[C@H]1CN(CCc1ccccc1)C(=O)CNC(=O)c1ccc(C(=O)NCC(=O)N(CCc2ccccc2)C[C@@H]2CCCN2C(=O)[C@@H](NC(=O)[C@H](C)N)C(C)(C)C)cc1)C(C)(C)C. The van der Waals surface area contributed by atoms with E-state index in [1.54, 1.807) is 40.5 Å². The van der Waals surface area contributed by atoms with E-state index in [9.17, 15) is 38.4 Å². The molecule has 0 aromatic heterocycles. The van der Waals surface area contributed by atoms with E-state index < -0.39 is 52.7 Å². The molecule has 18 heteroatoms. The quantitative estimate of drug-likeness (QED) is 0.0811. The van der Waals surface area contributed by atoms with Crippen LogP contribution in [0.2, 0.25) is 0 Å². The first-order chi connectivity index (χ1) is 35.5. The monoisotopic (exact) mass is 1030 g/mol. The fraction of sp³-hybridized carbons (Fsp3) is 0.544. The van der Waals surface area contributed by atoms with Crippen molar-refractivity contribution in [3.05, 3.63) is 107 Å². The number of benzene rings is 3. The molecule has 2 aliphatic rings. The van der Waals surface area contributed by atoms with Crippen LogP contribution < -0.4 is 32.3 Å². The van der Waals surface area contributed by atoms with E-state index in [0.717, 1.165) is 24.0 Å². The summed E-state index contributed by atoms with van der Waals surface area (Å²) in [5.41, 5.74) is 7.14.